The van der Waals surface area contributed by atoms with Crippen molar-refractivity contribution in [1.82, 2.24) is 15.6 Å². The maximum atomic E-state index is 5.54. The zero-order chi connectivity index (χ0) is 17.5. The lowest BCUT2D eigenvalue weighted by molar-refractivity contribution is 0.357. The first-order chi connectivity index (χ1) is 12.3. The van der Waals surface area contributed by atoms with E-state index in [4.69, 9.17) is 9.47 Å². The Balaban J connectivity index is 1.44. The van der Waals surface area contributed by atoms with Gasteiger partial charge in [-0.15, -0.1) is 0 Å². The van der Waals surface area contributed by atoms with Crippen LogP contribution in [0.2, 0.25) is 0 Å². The molecule has 2 heterocycles. The van der Waals surface area contributed by atoms with Crippen LogP contribution in [0.15, 0.2) is 41.5 Å². The zero-order valence-electron chi connectivity index (χ0n) is 14.7. The van der Waals surface area contributed by atoms with Gasteiger partial charge in [-0.2, -0.15) is 0 Å². The molecule has 0 spiro atoms. The predicted octanol–water partition coefficient (Wildman–Crippen LogP) is 1.93. The third-order valence-electron chi connectivity index (χ3n) is 4.15. The number of hydrogen-bond donors (Lipinski definition) is 2. The second-order valence-electron chi connectivity index (χ2n) is 5.85. The average molecular weight is 340 g/mol. The van der Waals surface area contributed by atoms with E-state index in [1.807, 2.05) is 12.1 Å². The standard InChI is InChI=1S/C19H24N4O2/c1-20-19(23-13-15-4-6-18(24-2)22-12-15)21-9-7-14-3-5-17-16(11-14)8-10-25-17/h3-6,11-12H,7-10,13H2,1-2H3,(H2,20,21,23). The number of benzene rings is 1. The molecule has 3 rings (SSSR count). The lowest BCUT2D eigenvalue weighted by Crippen LogP contribution is -2.37. The zero-order valence-corrected chi connectivity index (χ0v) is 14.7. The summed E-state index contributed by atoms with van der Waals surface area (Å²) in [6, 6.07) is 10.3. The molecule has 0 aliphatic carbocycles. The van der Waals surface area contributed by atoms with Crippen LogP contribution >= 0.6 is 0 Å². The van der Waals surface area contributed by atoms with Crippen molar-refractivity contribution < 1.29 is 9.47 Å². The van der Waals surface area contributed by atoms with E-state index in [-0.39, 0.29) is 0 Å². The molecule has 132 valence electrons. The van der Waals surface area contributed by atoms with Crippen molar-refractivity contribution in [3.05, 3.63) is 53.2 Å². The van der Waals surface area contributed by atoms with Crippen LogP contribution in [0.3, 0.4) is 0 Å². The van der Waals surface area contributed by atoms with Crippen LogP contribution < -0.4 is 20.1 Å². The van der Waals surface area contributed by atoms with Gasteiger partial charge in [-0.05, 0) is 29.2 Å². The molecule has 1 aromatic heterocycles. The van der Waals surface area contributed by atoms with Crippen LogP contribution in [0.1, 0.15) is 16.7 Å². The summed E-state index contributed by atoms with van der Waals surface area (Å²) in [6.45, 7) is 2.28. The molecule has 1 aliphatic rings. The fraction of sp³-hybridized carbons (Fsp3) is 0.368. The molecule has 25 heavy (non-hydrogen) atoms. The second kappa shape index (κ2) is 8.37. The molecule has 0 atom stereocenters. The van der Waals surface area contributed by atoms with Gasteiger partial charge in [0.25, 0.3) is 0 Å². The largest absolute Gasteiger partial charge is 0.493 e. The number of guanidine groups is 1. The van der Waals surface area contributed by atoms with E-state index < -0.39 is 0 Å². The Labute approximate surface area is 148 Å². The van der Waals surface area contributed by atoms with Gasteiger partial charge in [0.1, 0.15) is 5.75 Å². The van der Waals surface area contributed by atoms with Gasteiger partial charge in [0.05, 0.1) is 13.7 Å². The average Bonchev–Trinajstić information content (AvgIpc) is 3.12. The topological polar surface area (TPSA) is 67.8 Å². The number of aliphatic imine (C=N–C) groups is 1. The van der Waals surface area contributed by atoms with Gasteiger partial charge < -0.3 is 20.1 Å². The molecule has 2 N–H and O–H groups in total. The molecule has 0 saturated heterocycles. The highest BCUT2D eigenvalue weighted by atomic mass is 16.5. The number of nitrogens with one attached hydrogen (secondary N) is 2. The number of pyridine rings is 1. The third-order valence-corrected chi connectivity index (χ3v) is 4.15. The summed E-state index contributed by atoms with van der Waals surface area (Å²) in [7, 11) is 3.38. The van der Waals surface area contributed by atoms with Crippen molar-refractivity contribution in [2.75, 3.05) is 27.3 Å². The maximum absolute atomic E-state index is 5.54. The lowest BCUT2D eigenvalue weighted by atomic mass is 10.1. The van der Waals surface area contributed by atoms with Gasteiger partial charge in [0, 0.05) is 38.8 Å². The summed E-state index contributed by atoms with van der Waals surface area (Å²) in [5.74, 6) is 2.42. The van der Waals surface area contributed by atoms with Crippen LogP contribution in [-0.4, -0.2) is 38.3 Å². The molecule has 0 unspecified atom stereocenters. The Kier molecular flexibility index (Phi) is 5.72. The Morgan fingerprint density at radius 2 is 2.12 bits per heavy atom. The minimum Gasteiger partial charge on any atom is -0.493 e. The number of ether oxygens (including phenoxy) is 2. The van der Waals surface area contributed by atoms with Crippen LogP contribution in [0, 0.1) is 0 Å². The Hall–Kier alpha value is -2.76. The minimum atomic E-state index is 0.617. The summed E-state index contributed by atoms with van der Waals surface area (Å²) in [6.07, 6.45) is 3.75. The van der Waals surface area contributed by atoms with E-state index in [1.54, 1.807) is 20.4 Å². The van der Waals surface area contributed by atoms with Gasteiger partial charge in [0.15, 0.2) is 5.96 Å². The number of rotatable bonds is 6. The first-order valence-electron chi connectivity index (χ1n) is 8.46. The molecule has 1 aromatic carbocycles. The van der Waals surface area contributed by atoms with Gasteiger partial charge >= 0.3 is 0 Å². The summed E-state index contributed by atoms with van der Waals surface area (Å²) in [5, 5.41) is 6.63. The molecule has 0 radical (unpaired) electrons. The summed E-state index contributed by atoms with van der Waals surface area (Å²) in [4.78, 5) is 8.45. The number of fused-ring (bicyclic) bond motifs is 1. The molecule has 0 fully saturated rings. The van der Waals surface area contributed by atoms with E-state index in [1.165, 1.54) is 11.1 Å². The molecule has 0 bridgehead atoms. The molecule has 0 saturated carbocycles. The first-order valence-corrected chi connectivity index (χ1v) is 8.46. The van der Waals surface area contributed by atoms with Crippen molar-refractivity contribution in [1.29, 1.82) is 0 Å². The highest BCUT2D eigenvalue weighted by Crippen LogP contribution is 2.25. The van der Waals surface area contributed by atoms with Crippen LogP contribution in [0.25, 0.3) is 0 Å². The second-order valence-corrected chi connectivity index (χ2v) is 5.85. The van der Waals surface area contributed by atoms with Crippen molar-refractivity contribution >= 4 is 5.96 Å². The normalized spacial score (nSPS) is 13.1. The SMILES string of the molecule is CN=C(NCCc1ccc2c(c1)CCO2)NCc1ccc(OC)nc1. The van der Waals surface area contributed by atoms with Crippen molar-refractivity contribution in [2.45, 2.75) is 19.4 Å². The van der Waals surface area contributed by atoms with Crippen LogP contribution in [0.4, 0.5) is 0 Å². The van der Waals surface area contributed by atoms with Crippen molar-refractivity contribution in [2.24, 2.45) is 4.99 Å². The Morgan fingerprint density at radius 3 is 2.88 bits per heavy atom. The van der Waals surface area contributed by atoms with Crippen LogP contribution in [-0.2, 0) is 19.4 Å². The number of hydrogen-bond acceptors (Lipinski definition) is 4. The molecule has 6 nitrogen and oxygen atoms in total. The Morgan fingerprint density at radius 1 is 1.24 bits per heavy atom. The van der Waals surface area contributed by atoms with Gasteiger partial charge in [-0.3, -0.25) is 4.99 Å². The quantitative estimate of drug-likeness (QED) is 0.621. The predicted molar refractivity (Wildman–Crippen MR) is 98.3 cm³/mol. The van der Waals surface area contributed by atoms with E-state index in [2.05, 4.69) is 38.8 Å². The summed E-state index contributed by atoms with van der Waals surface area (Å²) < 4.78 is 10.6. The fourth-order valence-corrected chi connectivity index (χ4v) is 2.76. The lowest BCUT2D eigenvalue weighted by Gasteiger charge is -2.12. The van der Waals surface area contributed by atoms with Gasteiger partial charge in [-0.1, -0.05) is 18.2 Å². The van der Waals surface area contributed by atoms with E-state index in [0.717, 1.165) is 43.3 Å². The molecular weight excluding hydrogens is 316 g/mol. The molecule has 0 amide bonds. The molecule has 6 heteroatoms. The maximum Gasteiger partial charge on any atom is 0.212 e. The smallest absolute Gasteiger partial charge is 0.212 e. The molecule has 1 aliphatic heterocycles. The number of methoxy groups -OCH3 is 1. The Bertz CT molecular complexity index is 729. The number of nitrogens with zero attached hydrogens (tertiary/aromatic N) is 2. The van der Waals surface area contributed by atoms with E-state index >= 15 is 0 Å². The third kappa shape index (κ3) is 4.62. The van der Waals surface area contributed by atoms with Gasteiger partial charge in [0.2, 0.25) is 5.88 Å². The number of aromatic nitrogens is 1. The highest BCUT2D eigenvalue weighted by molar-refractivity contribution is 5.79. The fourth-order valence-electron chi connectivity index (χ4n) is 2.76. The van der Waals surface area contributed by atoms with Crippen molar-refractivity contribution in [3.8, 4) is 11.6 Å². The molecular formula is C19H24N4O2. The first kappa shape index (κ1) is 17.1. The highest BCUT2D eigenvalue weighted by Gasteiger charge is 2.11. The molecule has 2 aromatic rings. The van der Waals surface area contributed by atoms with Gasteiger partial charge in [-0.25, -0.2) is 4.98 Å². The van der Waals surface area contributed by atoms with Crippen LogP contribution in [0.5, 0.6) is 11.6 Å². The summed E-state index contributed by atoms with van der Waals surface area (Å²) >= 11 is 0. The van der Waals surface area contributed by atoms with E-state index in [9.17, 15) is 0 Å². The monoisotopic (exact) mass is 340 g/mol. The minimum absolute atomic E-state index is 0.617. The van der Waals surface area contributed by atoms with Crippen molar-refractivity contribution in [3.63, 3.8) is 0 Å². The van der Waals surface area contributed by atoms with E-state index in [0.29, 0.717) is 12.4 Å². The summed E-state index contributed by atoms with van der Waals surface area (Å²) in [5.41, 5.74) is 3.70.